The number of hydrogen-bond donors (Lipinski definition) is 1. The smallest absolute Gasteiger partial charge is 0.255 e. The molecule has 0 saturated carbocycles. The summed E-state index contributed by atoms with van der Waals surface area (Å²) in [5.41, 5.74) is 1.66. The molecular formula is C12H19NO2. The number of pyridine rings is 1. The van der Waals surface area contributed by atoms with Gasteiger partial charge in [-0.15, -0.1) is 0 Å². The molecule has 1 aromatic rings. The Balaban J connectivity index is 3.25. The Morgan fingerprint density at radius 3 is 2.60 bits per heavy atom. The molecule has 0 aliphatic rings. The fourth-order valence-electron chi connectivity index (χ4n) is 1.59. The summed E-state index contributed by atoms with van der Waals surface area (Å²) in [5, 5.41) is 0. The van der Waals surface area contributed by atoms with E-state index in [4.69, 9.17) is 4.74 Å². The third-order valence-electron chi connectivity index (χ3n) is 2.83. The van der Waals surface area contributed by atoms with Crippen LogP contribution in [0.3, 0.4) is 0 Å². The lowest BCUT2D eigenvalue weighted by Crippen LogP contribution is -2.16. The van der Waals surface area contributed by atoms with E-state index in [1.165, 1.54) is 0 Å². The van der Waals surface area contributed by atoms with Gasteiger partial charge in [0.15, 0.2) is 0 Å². The largest absolute Gasteiger partial charge is 0.496 e. The van der Waals surface area contributed by atoms with Crippen LogP contribution in [0, 0.1) is 0 Å². The molecule has 3 nitrogen and oxygen atoms in total. The maximum atomic E-state index is 11.7. The minimum absolute atomic E-state index is 0.0212. The first-order valence-electron chi connectivity index (χ1n) is 5.44. The van der Waals surface area contributed by atoms with Crippen LogP contribution >= 0.6 is 0 Å². The summed E-state index contributed by atoms with van der Waals surface area (Å²) in [6.07, 6.45) is 1.70. The van der Waals surface area contributed by atoms with Crippen molar-refractivity contribution in [2.24, 2.45) is 0 Å². The standard InChI is InChI=1S/C12H19NO2/c1-5-8(3)10-7-11(15-4)9(6-2)12(14)13-10/h7-8H,5-6H2,1-4H3,(H,13,14)/t8-/m1/s1. The molecular weight excluding hydrogens is 190 g/mol. The van der Waals surface area contributed by atoms with E-state index in [2.05, 4.69) is 18.8 Å². The highest BCUT2D eigenvalue weighted by atomic mass is 16.5. The zero-order valence-electron chi connectivity index (χ0n) is 9.89. The highest BCUT2D eigenvalue weighted by Gasteiger charge is 2.11. The van der Waals surface area contributed by atoms with E-state index in [1.54, 1.807) is 7.11 Å². The summed E-state index contributed by atoms with van der Waals surface area (Å²) in [5.74, 6) is 1.06. The van der Waals surface area contributed by atoms with Gasteiger partial charge in [0.25, 0.3) is 5.56 Å². The first-order chi connectivity index (χ1) is 7.13. The van der Waals surface area contributed by atoms with Crippen molar-refractivity contribution in [1.29, 1.82) is 0 Å². The van der Waals surface area contributed by atoms with Gasteiger partial charge in [-0.25, -0.2) is 0 Å². The molecule has 3 heteroatoms. The van der Waals surface area contributed by atoms with Gasteiger partial charge in [-0.05, 0) is 18.8 Å². The maximum absolute atomic E-state index is 11.7. The summed E-state index contributed by atoms with van der Waals surface area (Å²) < 4.78 is 5.23. The molecule has 0 aliphatic carbocycles. The molecule has 0 radical (unpaired) electrons. The normalized spacial score (nSPS) is 12.5. The Morgan fingerprint density at radius 1 is 1.47 bits per heavy atom. The van der Waals surface area contributed by atoms with E-state index in [0.29, 0.717) is 18.1 Å². The van der Waals surface area contributed by atoms with Gasteiger partial charge in [0.1, 0.15) is 5.75 Å². The Bertz CT molecular complexity index is 382. The zero-order chi connectivity index (χ0) is 11.4. The van der Waals surface area contributed by atoms with Gasteiger partial charge in [0.2, 0.25) is 0 Å². The van der Waals surface area contributed by atoms with Crippen molar-refractivity contribution in [2.45, 2.75) is 39.5 Å². The number of nitrogens with one attached hydrogen (secondary N) is 1. The number of rotatable bonds is 4. The number of aromatic nitrogens is 1. The lowest BCUT2D eigenvalue weighted by Gasteiger charge is -2.12. The molecule has 0 aliphatic heterocycles. The van der Waals surface area contributed by atoms with Crippen LogP contribution < -0.4 is 10.3 Å². The topological polar surface area (TPSA) is 42.1 Å². The lowest BCUT2D eigenvalue weighted by atomic mass is 10.0. The average molecular weight is 209 g/mol. The van der Waals surface area contributed by atoms with Crippen LogP contribution in [0.1, 0.15) is 44.4 Å². The summed E-state index contributed by atoms with van der Waals surface area (Å²) in [4.78, 5) is 14.7. The minimum atomic E-state index is -0.0212. The van der Waals surface area contributed by atoms with Gasteiger partial charge in [0.05, 0.1) is 12.7 Å². The quantitative estimate of drug-likeness (QED) is 0.827. The van der Waals surface area contributed by atoms with E-state index in [9.17, 15) is 4.79 Å². The van der Waals surface area contributed by atoms with Gasteiger partial charge in [-0.3, -0.25) is 4.79 Å². The lowest BCUT2D eigenvalue weighted by molar-refractivity contribution is 0.407. The Kier molecular flexibility index (Phi) is 3.95. The van der Waals surface area contributed by atoms with Gasteiger partial charge in [-0.1, -0.05) is 20.8 Å². The van der Waals surface area contributed by atoms with Crippen molar-refractivity contribution in [2.75, 3.05) is 7.11 Å². The highest BCUT2D eigenvalue weighted by molar-refractivity contribution is 5.34. The highest BCUT2D eigenvalue weighted by Crippen LogP contribution is 2.22. The SMILES string of the molecule is CCc1c(OC)cc([C@H](C)CC)[nH]c1=O. The van der Waals surface area contributed by atoms with Gasteiger partial charge in [-0.2, -0.15) is 0 Å². The van der Waals surface area contributed by atoms with E-state index < -0.39 is 0 Å². The molecule has 0 aromatic carbocycles. The van der Waals surface area contributed by atoms with Crippen LogP contribution in [0.4, 0.5) is 0 Å². The molecule has 0 fully saturated rings. The molecule has 84 valence electrons. The molecule has 0 bridgehead atoms. The fraction of sp³-hybridized carbons (Fsp3) is 0.583. The van der Waals surface area contributed by atoms with E-state index >= 15 is 0 Å². The Hall–Kier alpha value is -1.25. The Labute approximate surface area is 90.5 Å². The molecule has 0 unspecified atom stereocenters. The second kappa shape index (κ2) is 5.01. The molecule has 0 saturated heterocycles. The molecule has 0 amide bonds. The molecule has 15 heavy (non-hydrogen) atoms. The monoisotopic (exact) mass is 209 g/mol. The molecule has 1 rings (SSSR count). The molecule has 1 aromatic heterocycles. The second-order valence-electron chi connectivity index (χ2n) is 3.76. The Morgan fingerprint density at radius 2 is 2.13 bits per heavy atom. The van der Waals surface area contributed by atoms with Gasteiger partial charge in [0, 0.05) is 11.8 Å². The summed E-state index contributed by atoms with van der Waals surface area (Å²) >= 11 is 0. The number of hydrogen-bond acceptors (Lipinski definition) is 2. The summed E-state index contributed by atoms with van der Waals surface area (Å²) in [6, 6.07) is 1.94. The first kappa shape index (κ1) is 11.8. The van der Waals surface area contributed by atoms with Crippen LogP contribution in [0.25, 0.3) is 0 Å². The number of ether oxygens (including phenoxy) is 1. The average Bonchev–Trinajstić information content (AvgIpc) is 2.26. The van der Waals surface area contributed by atoms with Crippen molar-refractivity contribution in [3.63, 3.8) is 0 Å². The van der Waals surface area contributed by atoms with Crippen molar-refractivity contribution in [3.8, 4) is 5.75 Å². The van der Waals surface area contributed by atoms with Crippen LogP contribution in [0.2, 0.25) is 0 Å². The summed E-state index contributed by atoms with van der Waals surface area (Å²) in [6.45, 7) is 6.15. The predicted octanol–water partition coefficient (Wildman–Crippen LogP) is 2.46. The molecule has 1 N–H and O–H groups in total. The van der Waals surface area contributed by atoms with Gasteiger partial charge < -0.3 is 9.72 Å². The van der Waals surface area contributed by atoms with E-state index in [-0.39, 0.29) is 5.56 Å². The molecule has 0 spiro atoms. The van der Waals surface area contributed by atoms with Crippen LogP contribution in [0.5, 0.6) is 5.75 Å². The van der Waals surface area contributed by atoms with Crippen molar-refractivity contribution >= 4 is 0 Å². The molecule has 1 atom stereocenters. The maximum Gasteiger partial charge on any atom is 0.255 e. The predicted molar refractivity (Wildman–Crippen MR) is 61.7 cm³/mol. The van der Waals surface area contributed by atoms with Crippen molar-refractivity contribution < 1.29 is 4.74 Å². The zero-order valence-corrected chi connectivity index (χ0v) is 9.89. The van der Waals surface area contributed by atoms with Crippen LogP contribution in [-0.4, -0.2) is 12.1 Å². The van der Waals surface area contributed by atoms with Crippen molar-refractivity contribution in [3.05, 3.63) is 27.7 Å². The minimum Gasteiger partial charge on any atom is -0.496 e. The molecule has 1 heterocycles. The third kappa shape index (κ3) is 2.41. The number of H-pyrrole nitrogens is 1. The third-order valence-corrected chi connectivity index (χ3v) is 2.83. The number of aromatic amines is 1. The van der Waals surface area contributed by atoms with E-state index in [1.807, 2.05) is 13.0 Å². The number of methoxy groups -OCH3 is 1. The second-order valence-corrected chi connectivity index (χ2v) is 3.76. The summed E-state index contributed by atoms with van der Waals surface area (Å²) in [7, 11) is 1.61. The van der Waals surface area contributed by atoms with Gasteiger partial charge >= 0.3 is 0 Å². The van der Waals surface area contributed by atoms with E-state index in [0.717, 1.165) is 17.7 Å². The van der Waals surface area contributed by atoms with Crippen LogP contribution in [0.15, 0.2) is 10.9 Å². The first-order valence-corrected chi connectivity index (χ1v) is 5.44. The van der Waals surface area contributed by atoms with Crippen LogP contribution in [-0.2, 0) is 6.42 Å². The van der Waals surface area contributed by atoms with Crippen molar-refractivity contribution in [1.82, 2.24) is 4.98 Å². The fourth-order valence-corrected chi connectivity index (χ4v) is 1.59.